The third kappa shape index (κ3) is 7.25. The smallest absolute Gasteiger partial charge is 0.262 e. The summed E-state index contributed by atoms with van der Waals surface area (Å²) < 4.78 is 20.8. The number of anilines is 2. The molecule has 4 aliphatic heterocycles. The van der Waals surface area contributed by atoms with Crippen molar-refractivity contribution in [3.63, 3.8) is 0 Å². The van der Waals surface area contributed by atoms with Gasteiger partial charge >= 0.3 is 0 Å². The minimum Gasteiger partial charge on any atom is -0.496 e. The Hall–Kier alpha value is -6.62. The number of halogens is 1. The first-order chi connectivity index (χ1) is 29.4. The number of fused-ring (bicyclic) bond motifs is 2. The number of nitrogens with two attached hydrogens (primary N) is 2. The van der Waals surface area contributed by atoms with Crippen LogP contribution in [0.25, 0.3) is 11.3 Å². The molecule has 61 heavy (non-hydrogen) atoms. The van der Waals surface area contributed by atoms with Crippen molar-refractivity contribution in [2.75, 3.05) is 43.9 Å². The van der Waals surface area contributed by atoms with Crippen LogP contribution in [-0.2, 0) is 16.1 Å². The average molecular weight is 832 g/mol. The molecule has 3 aromatic carbocycles. The predicted molar refractivity (Wildman–Crippen MR) is 220 cm³/mol. The van der Waals surface area contributed by atoms with Gasteiger partial charge in [0, 0.05) is 56.4 Å². The zero-order valence-electron chi connectivity index (χ0n) is 33.6. The van der Waals surface area contributed by atoms with E-state index >= 15 is 0 Å². The van der Waals surface area contributed by atoms with Crippen LogP contribution in [0, 0.1) is 17.7 Å². The maximum Gasteiger partial charge on any atom is 0.262 e. The van der Waals surface area contributed by atoms with Gasteiger partial charge in [-0.3, -0.25) is 39.0 Å². The lowest BCUT2D eigenvalue weighted by molar-refractivity contribution is -0.136. The topological polar surface area (TPSA) is 215 Å². The molecule has 17 heteroatoms. The first-order valence-corrected chi connectivity index (χ1v) is 20.6. The van der Waals surface area contributed by atoms with Crippen molar-refractivity contribution in [1.82, 2.24) is 30.2 Å². The van der Waals surface area contributed by atoms with Crippen molar-refractivity contribution >= 4 is 46.9 Å². The number of rotatable bonds is 10. The fourth-order valence-electron chi connectivity index (χ4n) is 10.0. The molecule has 5 aliphatic rings. The molecule has 0 radical (unpaired) electrons. The molecule has 4 aromatic rings. The molecule has 5 heterocycles. The summed E-state index contributed by atoms with van der Waals surface area (Å²) in [6, 6.07) is 15.7. The molecule has 3 saturated heterocycles. The molecule has 6 N–H and O–H groups in total. The van der Waals surface area contributed by atoms with Gasteiger partial charge < -0.3 is 31.3 Å². The maximum absolute atomic E-state index is 13.8. The number of nitrogens with zero attached hydrogens (tertiary/aromatic N) is 5. The van der Waals surface area contributed by atoms with E-state index in [9.17, 15) is 33.2 Å². The van der Waals surface area contributed by atoms with E-state index in [0.29, 0.717) is 34.7 Å². The number of aromatic nitrogens is 2. The lowest BCUT2D eigenvalue weighted by atomic mass is 10.0. The number of ether oxygens (including phenoxy) is 1. The highest BCUT2D eigenvalue weighted by molar-refractivity contribution is 6.23. The number of imide groups is 2. The van der Waals surface area contributed by atoms with E-state index in [-0.39, 0.29) is 53.7 Å². The number of likely N-dealkylation sites (tertiary alicyclic amines) is 1. The SMILES string of the molecule is COc1ccc(F)cc1C(=O)NCc1ccc(-c2nn(C3CCN(C4C[C@@H]5CN(c6ccc7c(c6)C(=O)N(C6CCC(=O)NC6=O)C7=O)C[C@@H]5C4)CC3)c(N)c2C(N)=O)cc1. The van der Waals surface area contributed by atoms with Crippen LogP contribution in [0.4, 0.5) is 15.9 Å². The largest absolute Gasteiger partial charge is 0.496 e. The predicted octanol–water partition coefficient (Wildman–Crippen LogP) is 3.26. The Labute approximate surface area is 350 Å². The van der Waals surface area contributed by atoms with E-state index in [0.717, 1.165) is 74.1 Å². The summed E-state index contributed by atoms with van der Waals surface area (Å²) in [5.41, 5.74) is 16.0. The molecular formula is C44H46FN9O7. The van der Waals surface area contributed by atoms with E-state index in [1.807, 2.05) is 6.07 Å². The average Bonchev–Trinajstić information content (AvgIpc) is 4.00. The number of methoxy groups -OCH3 is 1. The minimum absolute atomic E-state index is 0.0193. The second-order valence-corrected chi connectivity index (χ2v) is 16.6. The summed E-state index contributed by atoms with van der Waals surface area (Å²) in [6.45, 7) is 3.57. The van der Waals surface area contributed by atoms with Gasteiger partial charge in [0.1, 0.15) is 34.7 Å². The molecule has 4 atom stereocenters. The number of amides is 6. The monoisotopic (exact) mass is 831 g/mol. The van der Waals surface area contributed by atoms with Crippen LogP contribution in [0.15, 0.2) is 60.7 Å². The molecule has 0 spiro atoms. The van der Waals surface area contributed by atoms with Gasteiger partial charge in [-0.1, -0.05) is 24.3 Å². The Kier molecular flexibility index (Phi) is 10.3. The highest BCUT2D eigenvalue weighted by Crippen LogP contribution is 2.44. The Morgan fingerprint density at radius 3 is 2.28 bits per heavy atom. The molecule has 4 fully saturated rings. The molecule has 6 amide bonds. The highest BCUT2D eigenvalue weighted by Gasteiger charge is 2.47. The quantitative estimate of drug-likeness (QED) is 0.170. The zero-order valence-corrected chi connectivity index (χ0v) is 33.6. The summed E-state index contributed by atoms with van der Waals surface area (Å²) in [5.74, 6) is -2.27. The number of benzene rings is 3. The fraction of sp³-hybridized carbons (Fsp3) is 0.386. The van der Waals surface area contributed by atoms with Gasteiger partial charge in [0.2, 0.25) is 11.8 Å². The Morgan fingerprint density at radius 2 is 1.61 bits per heavy atom. The molecule has 2 unspecified atom stereocenters. The molecule has 9 rings (SSSR count). The minimum atomic E-state index is -0.995. The van der Waals surface area contributed by atoms with Crippen LogP contribution < -0.4 is 31.7 Å². The van der Waals surface area contributed by atoms with E-state index in [1.165, 1.54) is 19.2 Å². The van der Waals surface area contributed by atoms with Gasteiger partial charge in [-0.05, 0) is 85.9 Å². The van der Waals surface area contributed by atoms with Gasteiger partial charge in [0.15, 0.2) is 0 Å². The standard InChI is InChI=1S/C44H46FN9O7/c1-61-35-10-6-27(45)18-33(35)41(57)48-20-23-2-4-24(5-3-23)38-37(40(47)56)39(46)54(50-38)28-12-14-51(15-13-28)30-16-25-21-52(22-26(25)17-30)29-7-8-31-32(19-29)44(60)53(43(31)59)34-9-11-36(55)49-42(34)58/h2-8,10,18-19,25-26,28,30,34H,9,11-17,20-22,46H2,1H3,(H2,47,56)(H,48,57)(H,49,55,58)/t25-,26+,30?,34?. The Bertz CT molecular complexity index is 2470. The third-order valence-corrected chi connectivity index (χ3v) is 13.2. The van der Waals surface area contributed by atoms with Crippen LogP contribution >= 0.6 is 0 Å². The molecule has 1 saturated carbocycles. The van der Waals surface area contributed by atoms with Crippen molar-refractivity contribution in [3.8, 4) is 17.0 Å². The first-order valence-electron chi connectivity index (χ1n) is 20.6. The number of nitrogens with one attached hydrogen (secondary N) is 2. The number of carbonyl (C=O) groups is 6. The van der Waals surface area contributed by atoms with Gasteiger partial charge in [-0.15, -0.1) is 0 Å². The number of primary amides is 1. The maximum atomic E-state index is 13.8. The molecule has 16 nitrogen and oxygen atoms in total. The van der Waals surface area contributed by atoms with Gasteiger partial charge in [-0.25, -0.2) is 9.07 Å². The normalized spacial score (nSPS) is 23.0. The highest BCUT2D eigenvalue weighted by atomic mass is 19.1. The van der Waals surface area contributed by atoms with Gasteiger partial charge in [0.05, 0.1) is 29.8 Å². The van der Waals surface area contributed by atoms with Crippen LogP contribution in [0.5, 0.6) is 5.75 Å². The molecule has 0 bridgehead atoms. The number of piperidine rings is 2. The lowest BCUT2D eigenvalue weighted by Crippen LogP contribution is -2.54. The van der Waals surface area contributed by atoms with Crippen molar-refractivity contribution in [3.05, 3.63) is 94.3 Å². The fourth-order valence-corrected chi connectivity index (χ4v) is 10.0. The summed E-state index contributed by atoms with van der Waals surface area (Å²) in [4.78, 5) is 82.1. The summed E-state index contributed by atoms with van der Waals surface area (Å²) in [5, 5.41) is 9.87. The van der Waals surface area contributed by atoms with Crippen molar-refractivity contribution in [1.29, 1.82) is 0 Å². The van der Waals surface area contributed by atoms with Gasteiger partial charge in [0.25, 0.3) is 23.6 Å². The lowest BCUT2D eigenvalue weighted by Gasteiger charge is -2.37. The van der Waals surface area contributed by atoms with Crippen molar-refractivity contribution in [2.45, 2.75) is 63.2 Å². The van der Waals surface area contributed by atoms with Crippen molar-refractivity contribution < 1.29 is 37.9 Å². The Balaban J connectivity index is 0.798. The van der Waals surface area contributed by atoms with Crippen LogP contribution in [0.1, 0.15) is 91.6 Å². The summed E-state index contributed by atoms with van der Waals surface area (Å²) in [7, 11) is 1.41. The third-order valence-electron chi connectivity index (χ3n) is 13.2. The number of carbonyl (C=O) groups excluding carboxylic acids is 6. The second kappa shape index (κ2) is 15.8. The molecule has 1 aromatic heterocycles. The van der Waals surface area contributed by atoms with Crippen LogP contribution in [-0.4, -0.2) is 100 Å². The number of hydrogen-bond donors (Lipinski definition) is 4. The van der Waals surface area contributed by atoms with Crippen molar-refractivity contribution in [2.24, 2.45) is 17.6 Å². The Morgan fingerprint density at radius 1 is 0.902 bits per heavy atom. The van der Waals surface area contributed by atoms with Gasteiger partial charge in [-0.2, -0.15) is 5.10 Å². The van der Waals surface area contributed by atoms with E-state index in [4.69, 9.17) is 21.3 Å². The summed E-state index contributed by atoms with van der Waals surface area (Å²) in [6.07, 6.45) is 3.89. The molecule has 316 valence electrons. The number of hydrogen-bond acceptors (Lipinski definition) is 11. The molecule has 1 aliphatic carbocycles. The molecular weight excluding hydrogens is 786 g/mol. The zero-order chi connectivity index (χ0) is 42.7. The summed E-state index contributed by atoms with van der Waals surface area (Å²) >= 11 is 0. The number of nitrogen functional groups attached to an aromatic ring is 1. The second-order valence-electron chi connectivity index (χ2n) is 16.6. The first kappa shape index (κ1) is 39.8. The van der Waals surface area contributed by atoms with E-state index in [1.54, 1.807) is 41.1 Å². The van der Waals surface area contributed by atoms with E-state index in [2.05, 4.69) is 20.4 Å². The van der Waals surface area contributed by atoms with E-state index < -0.39 is 47.3 Å². The van der Waals surface area contributed by atoms with Crippen LogP contribution in [0.2, 0.25) is 0 Å². The van der Waals surface area contributed by atoms with Crippen LogP contribution in [0.3, 0.4) is 0 Å².